The minimum absolute atomic E-state index is 0.0401. The van der Waals surface area contributed by atoms with Gasteiger partial charge in [-0.1, -0.05) is 56.5 Å². The molecule has 0 saturated carbocycles. The van der Waals surface area contributed by atoms with Crippen molar-refractivity contribution in [2.75, 3.05) is 6.61 Å². The fourth-order valence-electron chi connectivity index (χ4n) is 1.53. The van der Waals surface area contributed by atoms with Gasteiger partial charge in [0.25, 0.3) is 10.1 Å². The topological polar surface area (TPSA) is 43.4 Å². The van der Waals surface area contributed by atoms with Gasteiger partial charge < -0.3 is 0 Å². The molecule has 96 valence electrons. The van der Waals surface area contributed by atoms with E-state index in [1.165, 1.54) is 0 Å². The molecule has 3 nitrogen and oxygen atoms in total. The Labute approximate surface area is 104 Å². The summed E-state index contributed by atoms with van der Waals surface area (Å²) in [4.78, 5) is 0. The molecule has 0 radical (unpaired) electrons. The Hall–Kier alpha value is -0.870. The second-order valence-electron chi connectivity index (χ2n) is 4.07. The van der Waals surface area contributed by atoms with Crippen molar-refractivity contribution < 1.29 is 12.6 Å². The lowest BCUT2D eigenvalue weighted by Crippen LogP contribution is -2.09. The van der Waals surface area contributed by atoms with Crippen molar-refractivity contribution in [1.29, 1.82) is 0 Å². The largest absolute Gasteiger partial charge is 0.271 e. The molecule has 0 unspecified atom stereocenters. The molecule has 4 heteroatoms. The standard InChI is InChI=1S/C13H20O3S/c1-2-3-4-8-11-16-17(14,15)12-13-9-6-5-7-10-13/h5-7,9-10H,2-4,8,11-12H2,1H3. The van der Waals surface area contributed by atoms with Gasteiger partial charge in [-0.3, -0.25) is 4.18 Å². The number of rotatable bonds is 8. The van der Waals surface area contributed by atoms with E-state index in [1.807, 2.05) is 18.2 Å². The molecule has 0 spiro atoms. The van der Waals surface area contributed by atoms with E-state index in [2.05, 4.69) is 6.92 Å². The molecule has 0 saturated heterocycles. The first-order valence-electron chi connectivity index (χ1n) is 6.05. The van der Waals surface area contributed by atoms with Crippen LogP contribution in [0.15, 0.2) is 30.3 Å². The highest BCUT2D eigenvalue weighted by Gasteiger charge is 2.11. The van der Waals surface area contributed by atoms with E-state index in [-0.39, 0.29) is 5.75 Å². The number of hydrogen-bond donors (Lipinski definition) is 0. The Morgan fingerprint density at radius 1 is 1.06 bits per heavy atom. The van der Waals surface area contributed by atoms with E-state index < -0.39 is 10.1 Å². The molecule has 0 atom stereocenters. The smallest absolute Gasteiger partial charge is 0.270 e. The van der Waals surface area contributed by atoms with Crippen LogP contribution in [0.3, 0.4) is 0 Å². The van der Waals surface area contributed by atoms with E-state index in [0.717, 1.165) is 31.2 Å². The van der Waals surface area contributed by atoms with Crippen molar-refractivity contribution in [1.82, 2.24) is 0 Å². The number of benzene rings is 1. The molecule has 1 aromatic carbocycles. The molecule has 0 aliphatic carbocycles. The third-order valence-electron chi connectivity index (χ3n) is 2.45. The molecule has 0 aliphatic heterocycles. The minimum Gasteiger partial charge on any atom is -0.270 e. The summed E-state index contributed by atoms with van der Waals surface area (Å²) in [6.45, 7) is 2.42. The summed E-state index contributed by atoms with van der Waals surface area (Å²) >= 11 is 0. The minimum atomic E-state index is -3.42. The maximum absolute atomic E-state index is 11.6. The van der Waals surface area contributed by atoms with Crippen LogP contribution in [0, 0.1) is 0 Å². The van der Waals surface area contributed by atoms with Crippen LogP contribution >= 0.6 is 0 Å². The second kappa shape index (κ2) is 7.45. The third kappa shape index (κ3) is 6.44. The van der Waals surface area contributed by atoms with Crippen molar-refractivity contribution in [3.8, 4) is 0 Å². The van der Waals surface area contributed by atoms with Crippen LogP contribution in [0.2, 0.25) is 0 Å². The average molecular weight is 256 g/mol. The molecule has 0 aromatic heterocycles. The molecule has 0 bridgehead atoms. The van der Waals surface area contributed by atoms with Gasteiger partial charge in [0, 0.05) is 0 Å². The lowest BCUT2D eigenvalue weighted by molar-refractivity contribution is 0.306. The van der Waals surface area contributed by atoms with Crippen LogP contribution < -0.4 is 0 Å². The number of hydrogen-bond acceptors (Lipinski definition) is 3. The van der Waals surface area contributed by atoms with Gasteiger partial charge in [0.15, 0.2) is 0 Å². The summed E-state index contributed by atoms with van der Waals surface area (Å²) < 4.78 is 28.2. The average Bonchev–Trinajstić information content (AvgIpc) is 2.29. The Morgan fingerprint density at radius 3 is 2.41 bits per heavy atom. The summed E-state index contributed by atoms with van der Waals surface area (Å²) in [5.41, 5.74) is 0.765. The van der Waals surface area contributed by atoms with Crippen molar-refractivity contribution in [3.63, 3.8) is 0 Å². The first kappa shape index (κ1) is 14.2. The highest BCUT2D eigenvalue weighted by molar-refractivity contribution is 7.85. The van der Waals surface area contributed by atoms with Crippen LogP contribution in [0.25, 0.3) is 0 Å². The molecule has 1 aromatic rings. The van der Waals surface area contributed by atoms with Gasteiger partial charge in [-0.25, -0.2) is 0 Å². The molecule has 0 aliphatic rings. The normalized spacial score (nSPS) is 11.6. The van der Waals surface area contributed by atoms with Crippen molar-refractivity contribution in [2.24, 2.45) is 0 Å². The first-order valence-corrected chi connectivity index (χ1v) is 7.63. The van der Waals surface area contributed by atoms with Crippen LogP contribution in [0.5, 0.6) is 0 Å². The molecule has 1 rings (SSSR count). The lowest BCUT2D eigenvalue weighted by Gasteiger charge is -2.05. The highest BCUT2D eigenvalue weighted by Crippen LogP contribution is 2.08. The third-order valence-corrected chi connectivity index (χ3v) is 3.66. The Kier molecular flexibility index (Phi) is 6.22. The van der Waals surface area contributed by atoms with Gasteiger partial charge in [0.1, 0.15) is 5.75 Å². The molecule has 0 heterocycles. The Bertz CT molecular complexity index is 398. The van der Waals surface area contributed by atoms with Gasteiger partial charge in [0.2, 0.25) is 0 Å². The van der Waals surface area contributed by atoms with Gasteiger partial charge in [-0.2, -0.15) is 8.42 Å². The van der Waals surface area contributed by atoms with Gasteiger partial charge in [-0.15, -0.1) is 0 Å². The maximum atomic E-state index is 11.6. The predicted octanol–water partition coefficient (Wildman–Crippen LogP) is 3.11. The van der Waals surface area contributed by atoms with Crippen molar-refractivity contribution >= 4 is 10.1 Å². The summed E-state index contributed by atoms with van der Waals surface area (Å²) in [5.74, 6) is -0.0401. The summed E-state index contributed by atoms with van der Waals surface area (Å²) in [6, 6.07) is 9.09. The van der Waals surface area contributed by atoms with Gasteiger partial charge in [0.05, 0.1) is 6.61 Å². The zero-order valence-electron chi connectivity index (χ0n) is 10.3. The van der Waals surface area contributed by atoms with E-state index in [1.54, 1.807) is 12.1 Å². The van der Waals surface area contributed by atoms with E-state index in [4.69, 9.17) is 4.18 Å². The van der Waals surface area contributed by atoms with Crippen LogP contribution in [-0.4, -0.2) is 15.0 Å². The van der Waals surface area contributed by atoms with E-state index >= 15 is 0 Å². The molecule has 0 amide bonds. The summed E-state index contributed by atoms with van der Waals surface area (Å²) in [7, 11) is -3.42. The Balaban J connectivity index is 2.32. The fourth-order valence-corrected chi connectivity index (χ4v) is 2.59. The summed E-state index contributed by atoms with van der Waals surface area (Å²) in [6.07, 6.45) is 4.10. The van der Waals surface area contributed by atoms with E-state index in [9.17, 15) is 8.42 Å². The van der Waals surface area contributed by atoms with Crippen molar-refractivity contribution in [2.45, 2.75) is 38.4 Å². The lowest BCUT2D eigenvalue weighted by atomic mass is 10.2. The molecular weight excluding hydrogens is 236 g/mol. The molecular formula is C13H20O3S. The first-order chi connectivity index (χ1) is 8.14. The zero-order chi connectivity index (χ0) is 12.6. The maximum Gasteiger partial charge on any atom is 0.271 e. The quantitative estimate of drug-likeness (QED) is 0.530. The van der Waals surface area contributed by atoms with Crippen LogP contribution in [-0.2, 0) is 20.1 Å². The fraction of sp³-hybridized carbons (Fsp3) is 0.538. The van der Waals surface area contributed by atoms with Gasteiger partial charge in [-0.05, 0) is 12.0 Å². The predicted molar refractivity (Wildman–Crippen MR) is 69.2 cm³/mol. The number of unbranched alkanes of at least 4 members (excludes halogenated alkanes) is 3. The SMILES string of the molecule is CCCCCCOS(=O)(=O)Cc1ccccc1. The molecule has 0 fully saturated rings. The van der Waals surface area contributed by atoms with Crippen LogP contribution in [0.4, 0.5) is 0 Å². The van der Waals surface area contributed by atoms with E-state index in [0.29, 0.717) is 6.61 Å². The Morgan fingerprint density at radius 2 is 1.76 bits per heavy atom. The molecule has 0 N–H and O–H groups in total. The van der Waals surface area contributed by atoms with Crippen LogP contribution in [0.1, 0.15) is 38.2 Å². The highest BCUT2D eigenvalue weighted by atomic mass is 32.2. The van der Waals surface area contributed by atoms with Crippen molar-refractivity contribution in [3.05, 3.63) is 35.9 Å². The summed E-state index contributed by atoms with van der Waals surface area (Å²) in [5, 5.41) is 0. The zero-order valence-corrected chi connectivity index (χ0v) is 11.1. The second-order valence-corrected chi connectivity index (χ2v) is 5.71. The van der Waals surface area contributed by atoms with Gasteiger partial charge >= 0.3 is 0 Å². The molecule has 17 heavy (non-hydrogen) atoms. The monoisotopic (exact) mass is 256 g/mol.